The van der Waals surface area contributed by atoms with Gasteiger partial charge in [-0.2, -0.15) is 18.3 Å². The van der Waals surface area contributed by atoms with Crippen molar-refractivity contribution in [1.82, 2.24) is 20.4 Å². The van der Waals surface area contributed by atoms with Gasteiger partial charge in [-0.25, -0.2) is 0 Å². The number of H-pyrrole nitrogens is 1. The normalized spacial score (nSPS) is 17.1. The van der Waals surface area contributed by atoms with Crippen molar-refractivity contribution in [2.75, 3.05) is 31.1 Å². The van der Waals surface area contributed by atoms with Crippen LogP contribution in [0.3, 0.4) is 0 Å². The highest BCUT2D eigenvalue weighted by Gasteiger charge is 2.54. The number of nitrogens with zero attached hydrogens (tertiary/aromatic N) is 3. The van der Waals surface area contributed by atoms with Gasteiger partial charge >= 0.3 is 6.18 Å². The molecule has 1 saturated heterocycles. The number of aromatic nitrogens is 2. The Morgan fingerprint density at radius 1 is 1.17 bits per heavy atom. The number of amides is 3. The summed E-state index contributed by atoms with van der Waals surface area (Å²) in [6, 6.07) is 10.1. The first-order valence-electron chi connectivity index (χ1n) is 11.3. The van der Waals surface area contributed by atoms with Crippen LogP contribution in [0, 0.1) is 0 Å². The topological polar surface area (TPSA) is 98.4 Å². The zero-order chi connectivity index (χ0) is 25.7. The molecule has 1 spiro atoms. The van der Waals surface area contributed by atoms with Crippen LogP contribution < -0.4 is 10.2 Å². The fraction of sp³-hybridized carbons (Fsp3) is 0.333. The van der Waals surface area contributed by atoms with Crippen LogP contribution >= 0.6 is 11.6 Å². The maximum Gasteiger partial charge on any atom is 0.405 e. The van der Waals surface area contributed by atoms with Gasteiger partial charge in [0, 0.05) is 34.6 Å². The molecule has 3 aromatic rings. The van der Waals surface area contributed by atoms with E-state index in [2.05, 4.69) is 10.2 Å². The number of halogens is 4. The molecule has 0 radical (unpaired) electrons. The minimum atomic E-state index is -4.56. The van der Waals surface area contributed by atoms with Crippen molar-refractivity contribution >= 4 is 45.9 Å². The van der Waals surface area contributed by atoms with Gasteiger partial charge in [0.2, 0.25) is 11.8 Å². The number of alkyl halides is 3. The molecule has 12 heteroatoms. The standard InChI is InChI=1S/C24H21ClF3N5O3/c25-16-2-1-3-18-20(16)23(22(36)33(18)12-19(34)29-13-24(26,27)28)6-8-32(9-7-23)21(35)14-4-5-17-15(10-14)11-30-31-17/h1-5,10-11H,6-9,12-13H2,(H,29,34)(H,30,31). The van der Waals surface area contributed by atoms with Gasteiger partial charge in [0.25, 0.3) is 5.91 Å². The van der Waals surface area contributed by atoms with E-state index in [1.54, 1.807) is 47.5 Å². The first-order chi connectivity index (χ1) is 17.1. The predicted molar refractivity (Wildman–Crippen MR) is 126 cm³/mol. The number of rotatable bonds is 4. The number of hydrogen-bond donors (Lipinski definition) is 2. The largest absolute Gasteiger partial charge is 0.405 e. The van der Waals surface area contributed by atoms with Gasteiger partial charge in [0.1, 0.15) is 13.1 Å². The Morgan fingerprint density at radius 3 is 2.64 bits per heavy atom. The van der Waals surface area contributed by atoms with Crippen LogP contribution in [0.2, 0.25) is 5.02 Å². The van der Waals surface area contributed by atoms with E-state index in [0.717, 1.165) is 10.9 Å². The Kier molecular flexibility index (Phi) is 5.90. The number of carbonyl (C=O) groups excluding carboxylic acids is 3. The van der Waals surface area contributed by atoms with Crippen LogP contribution in [0.4, 0.5) is 18.9 Å². The molecular weight excluding hydrogens is 499 g/mol. The summed E-state index contributed by atoms with van der Waals surface area (Å²) >= 11 is 6.50. The molecule has 3 amide bonds. The number of piperidine rings is 1. The molecule has 1 fully saturated rings. The highest BCUT2D eigenvalue weighted by atomic mass is 35.5. The van der Waals surface area contributed by atoms with E-state index in [9.17, 15) is 27.6 Å². The van der Waals surface area contributed by atoms with Gasteiger partial charge in [0.05, 0.1) is 22.8 Å². The van der Waals surface area contributed by atoms with E-state index >= 15 is 0 Å². The molecule has 0 bridgehead atoms. The Balaban J connectivity index is 1.36. The molecule has 0 atom stereocenters. The highest BCUT2D eigenvalue weighted by molar-refractivity contribution is 6.33. The average Bonchev–Trinajstić information content (AvgIpc) is 3.40. The van der Waals surface area contributed by atoms with Crippen LogP contribution in [-0.4, -0.2) is 65.2 Å². The van der Waals surface area contributed by atoms with Gasteiger partial charge in [-0.15, -0.1) is 0 Å². The lowest BCUT2D eigenvalue weighted by Crippen LogP contribution is -2.51. The molecule has 0 saturated carbocycles. The summed E-state index contributed by atoms with van der Waals surface area (Å²) < 4.78 is 37.6. The number of nitrogens with one attached hydrogen (secondary N) is 2. The quantitative estimate of drug-likeness (QED) is 0.552. The molecule has 8 nitrogen and oxygen atoms in total. The van der Waals surface area contributed by atoms with Gasteiger partial charge in [-0.05, 0) is 43.2 Å². The molecule has 2 aliphatic rings. The number of benzene rings is 2. The van der Waals surface area contributed by atoms with E-state index in [0.29, 0.717) is 21.8 Å². The van der Waals surface area contributed by atoms with Crippen molar-refractivity contribution in [1.29, 1.82) is 0 Å². The smallest absolute Gasteiger partial charge is 0.345 e. The molecule has 2 aliphatic heterocycles. The van der Waals surface area contributed by atoms with Gasteiger partial charge in [-0.3, -0.25) is 19.5 Å². The Labute approximate surface area is 208 Å². The summed E-state index contributed by atoms with van der Waals surface area (Å²) in [5.74, 6) is -1.51. The fourth-order valence-corrected chi connectivity index (χ4v) is 5.41. The molecule has 3 heterocycles. The lowest BCUT2D eigenvalue weighted by atomic mass is 9.73. The summed E-state index contributed by atoms with van der Waals surface area (Å²) in [4.78, 5) is 41.9. The molecule has 0 unspecified atom stereocenters. The Hall–Kier alpha value is -3.60. The number of anilines is 1. The monoisotopic (exact) mass is 519 g/mol. The third-order valence-corrected chi connectivity index (χ3v) is 7.11. The van der Waals surface area contributed by atoms with Crippen LogP contribution in [0.15, 0.2) is 42.6 Å². The van der Waals surface area contributed by atoms with E-state index in [-0.39, 0.29) is 31.8 Å². The van der Waals surface area contributed by atoms with Crippen LogP contribution in [0.5, 0.6) is 0 Å². The Morgan fingerprint density at radius 2 is 1.92 bits per heavy atom. The van der Waals surface area contributed by atoms with E-state index in [1.165, 1.54) is 4.90 Å². The third-order valence-electron chi connectivity index (χ3n) is 6.79. The molecule has 2 aromatic carbocycles. The molecule has 36 heavy (non-hydrogen) atoms. The zero-order valence-electron chi connectivity index (χ0n) is 18.9. The number of aromatic amines is 1. The molecule has 2 N–H and O–H groups in total. The van der Waals surface area contributed by atoms with Gasteiger partial charge in [0.15, 0.2) is 0 Å². The minimum Gasteiger partial charge on any atom is -0.345 e. The van der Waals surface area contributed by atoms with Crippen molar-refractivity contribution in [3.63, 3.8) is 0 Å². The number of fused-ring (bicyclic) bond motifs is 3. The zero-order valence-corrected chi connectivity index (χ0v) is 19.6. The number of carbonyl (C=O) groups is 3. The second-order valence-corrected chi connectivity index (χ2v) is 9.37. The maximum atomic E-state index is 13.6. The average molecular weight is 520 g/mol. The Bertz CT molecular complexity index is 1360. The summed E-state index contributed by atoms with van der Waals surface area (Å²) in [5.41, 5.74) is 1.20. The van der Waals surface area contributed by atoms with Crippen LogP contribution in [0.1, 0.15) is 28.8 Å². The van der Waals surface area contributed by atoms with Crippen molar-refractivity contribution in [3.05, 3.63) is 58.7 Å². The number of hydrogen-bond acceptors (Lipinski definition) is 4. The molecule has 0 aliphatic carbocycles. The van der Waals surface area contributed by atoms with Crippen molar-refractivity contribution in [2.24, 2.45) is 0 Å². The lowest BCUT2D eigenvalue weighted by Gasteiger charge is -2.38. The van der Waals surface area contributed by atoms with Crippen molar-refractivity contribution in [2.45, 2.75) is 24.4 Å². The second kappa shape index (κ2) is 8.81. The highest BCUT2D eigenvalue weighted by Crippen LogP contribution is 2.50. The second-order valence-electron chi connectivity index (χ2n) is 8.96. The summed E-state index contributed by atoms with van der Waals surface area (Å²) in [5, 5.41) is 9.75. The fourth-order valence-electron chi connectivity index (χ4n) is 5.06. The van der Waals surface area contributed by atoms with Crippen LogP contribution in [-0.2, 0) is 15.0 Å². The van der Waals surface area contributed by atoms with Gasteiger partial charge < -0.3 is 15.1 Å². The van der Waals surface area contributed by atoms with Crippen molar-refractivity contribution < 1.29 is 27.6 Å². The molecule has 5 rings (SSSR count). The molecular formula is C24H21ClF3N5O3. The number of likely N-dealkylation sites (tertiary alicyclic amines) is 1. The predicted octanol–water partition coefficient (Wildman–Crippen LogP) is 3.42. The first kappa shape index (κ1) is 24.1. The van der Waals surface area contributed by atoms with Crippen molar-refractivity contribution in [3.8, 4) is 0 Å². The molecule has 1 aromatic heterocycles. The van der Waals surface area contributed by atoms with E-state index < -0.39 is 36.5 Å². The minimum absolute atomic E-state index is 0.179. The summed E-state index contributed by atoms with van der Waals surface area (Å²) in [7, 11) is 0. The lowest BCUT2D eigenvalue weighted by molar-refractivity contribution is -0.138. The third kappa shape index (κ3) is 4.17. The SMILES string of the molecule is O=C(CN1C(=O)C2(CCN(C(=O)c3ccc4[nH]ncc4c3)CC2)c2c(Cl)cccc21)NCC(F)(F)F. The first-order valence-corrected chi connectivity index (χ1v) is 11.6. The summed E-state index contributed by atoms with van der Waals surface area (Å²) in [6.07, 6.45) is -2.40. The van der Waals surface area contributed by atoms with E-state index in [4.69, 9.17) is 11.6 Å². The van der Waals surface area contributed by atoms with E-state index in [1.807, 2.05) is 5.32 Å². The van der Waals surface area contributed by atoms with Crippen LogP contribution in [0.25, 0.3) is 10.9 Å². The maximum absolute atomic E-state index is 13.6. The summed E-state index contributed by atoms with van der Waals surface area (Å²) in [6.45, 7) is -1.50. The molecule has 188 valence electrons. The van der Waals surface area contributed by atoms with Gasteiger partial charge in [-0.1, -0.05) is 17.7 Å².